The fourth-order valence-corrected chi connectivity index (χ4v) is 1.56. The molecule has 1 aromatic heterocycles. The van der Waals surface area contributed by atoms with E-state index in [1.165, 1.54) is 6.20 Å². The molecule has 0 atom stereocenters. The monoisotopic (exact) mass is 266 g/mol. The number of benzene rings is 1. The second kappa shape index (κ2) is 7.07. The van der Waals surface area contributed by atoms with E-state index in [1.54, 1.807) is 30.5 Å². The van der Waals surface area contributed by atoms with E-state index in [0.717, 1.165) is 5.56 Å². The molecule has 0 unspecified atom stereocenters. The number of hydrogen-bond acceptors (Lipinski definition) is 3. The summed E-state index contributed by atoms with van der Waals surface area (Å²) in [6.45, 7) is 0.0618. The summed E-state index contributed by atoms with van der Waals surface area (Å²) in [5.74, 6) is 5.57. The maximum atomic E-state index is 11.9. The van der Waals surface area contributed by atoms with Crippen LogP contribution < -0.4 is 5.32 Å². The number of hydrogen-bond donors (Lipinski definition) is 2. The van der Waals surface area contributed by atoms with Gasteiger partial charge in [-0.05, 0) is 36.4 Å². The van der Waals surface area contributed by atoms with Gasteiger partial charge in [-0.1, -0.05) is 11.8 Å². The second-order valence-corrected chi connectivity index (χ2v) is 4.05. The molecule has 20 heavy (non-hydrogen) atoms. The Bertz CT molecular complexity index is 625. The average Bonchev–Trinajstić information content (AvgIpc) is 2.50. The topological polar surface area (TPSA) is 62.2 Å². The van der Waals surface area contributed by atoms with Gasteiger partial charge in [-0.25, -0.2) is 0 Å². The summed E-state index contributed by atoms with van der Waals surface area (Å²) < 4.78 is 0. The fourth-order valence-electron chi connectivity index (χ4n) is 1.56. The highest BCUT2D eigenvalue weighted by atomic mass is 16.2. The number of nitrogens with one attached hydrogen (secondary N) is 1. The molecule has 4 nitrogen and oxygen atoms in total. The number of carbonyl (C=O) groups excluding carboxylic acids is 1. The zero-order valence-electron chi connectivity index (χ0n) is 10.8. The van der Waals surface area contributed by atoms with E-state index in [-0.39, 0.29) is 12.5 Å². The summed E-state index contributed by atoms with van der Waals surface area (Å²) in [5.41, 5.74) is 2.06. The van der Waals surface area contributed by atoms with Crippen molar-refractivity contribution >= 4 is 11.6 Å². The van der Waals surface area contributed by atoms with Gasteiger partial charge < -0.3 is 10.4 Å². The Hall–Kier alpha value is -2.64. The normalized spacial score (nSPS) is 9.45. The number of carbonyl (C=O) groups is 1. The Labute approximate surface area is 117 Å². The highest BCUT2D eigenvalue weighted by molar-refractivity contribution is 6.04. The van der Waals surface area contributed by atoms with E-state index in [1.807, 2.05) is 12.1 Å². The second-order valence-electron chi connectivity index (χ2n) is 4.05. The third-order valence-electron chi connectivity index (χ3n) is 2.54. The Kier molecular flexibility index (Phi) is 4.87. The molecule has 0 fully saturated rings. The summed E-state index contributed by atoms with van der Waals surface area (Å²) >= 11 is 0. The molecule has 0 aliphatic heterocycles. The first-order chi connectivity index (χ1) is 9.79. The molecule has 0 aliphatic carbocycles. The molecular weight excluding hydrogens is 252 g/mol. The molecule has 1 heterocycles. The van der Waals surface area contributed by atoms with Crippen molar-refractivity contribution in [2.45, 2.75) is 6.42 Å². The lowest BCUT2D eigenvalue weighted by molar-refractivity contribution is 0.102. The molecule has 0 saturated carbocycles. The third-order valence-corrected chi connectivity index (χ3v) is 2.54. The van der Waals surface area contributed by atoms with Crippen LogP contribution in [0.3, 0.4) is 0 Å². The minimum Gasteiger partial charge on any atom is -0.395 e. The summed E-state index contributed by atoms with van der Waals surface area (Å²) in [6.07, 6.45) is 3.60. The Morgan fingerprint density at radius 2 is 2.05 bits per heavy atom. The molecule has 2 N–H and O–H groups in total. The molecule has 2 aromatic rings. The Balaban J connectivity index is 2.01. The van der Waals surface area contributed by atoms with Crippen molar-refractivity contribution < 1.29 is 9.90 Å². The summed E-state index contributed by atoms with van der Waals surface area (Å²) in [5, 5.41) is 11.4. The number of anilines is 1. The average molecular weight is 266 g/mol. The first-order valence-corrected chi connectivity index (χ1v) is 6.21. The molecule has 100 valence electrons. The van der Waals surface area contributed by atoms with Crippen molar-refractivity contribution in [3.63, 3.8) is 0 Å². The van der Waals surface area contributed by atoms with Crippen molar-refractivity contribution in [3.05, 3.63) is 59.9 Å². The minimum absolute atomic E-state index is 0.0618. The van der Waals surface area contributed by atoms with Crippen molar-refractivity contribution in [1.29, 1.82) is 0 Å². The smallest absolute Gasteiger partial charge is 0.257 e. The quantitative estimate of drug-likeness (QED) is 0.836. The van der Waals surface area contributed by atoms with Crippen LogP contribution in [-0.2, 0) is 0 Å². The van der Waals surface area contributed by atoms with Gasteiger partial charge in [0.15, 0.2) is 0 Å². The summed E-state index contributed by atoms with van der Waals surface area (Å²) in [7, 11) is 0. The predicted octanol–water partition coefficient (Wildman–Crippen LogP) is 2.07. The van der Waals surface area contributed by atoms with Crippen molar-refractivity contribution in [1.82, 2.24) is 4.98 Å². The van der Waals surface area contributed by atoms with Gasteiger partial charge in [0.25, 0.3) is 5.91 Å². The van der Waals surface area contributed by atoms with Crippen molar-refractivity contribution in [2.24, 2.45) is 0 Å². The maximum absolute atomic E-state index is 11.9. The van der Waals surface area contributed by atoms with Crippen LogP contribution in [0, 0.1) is 11.8 Å². The maximum Gasteiger partial charge on any atom is 0.257 e. The zero-order valence-corrected chi connectivity index (χ0v) is 10.8. The number of aliphatic hydroxyl groups excluding tert-OH is 1. The minimum atomic E-state index is -0.197. The summed E-state index contributed by atoms with van der Waals surface area (Å²) in [4.78, 5) is 15.8. The molecule has 2 rings (SSSR count). The third kappa shape index (κ3) is 3.94. The molecule has 0 aliphatic rings. The Morgan fingerprint density at radius 3 is 2.70 bits per heavy atom. The van der Waals surface area contributed by atoms with Crippen LogP contribution in [0.15, 0.2) is 48.8 Å². The number of pyridine rings is 1. The van der Waals surface area contributed by atoms with Gasteiger partial charge in [0.2, 0.25) is 0 Å². The van der Waals surface area contributed by atoms with E-state index in [4.69, 9.17) is 5.11 Å². The standard InChI is InChI=1S/C16H14N2O2/c19-11-2-1-4-13-6-8-15(9-7-13)18-16(20)14-5-3-10-17-12-14/h3,5-10,12,19H,2,11H2,(H,18,20). The number of rotatable bonds is 3. The number of nitrogens with zero attached hydrogens (tertiary/aromatic N) is 1. The lowest BCUT2D eigenvalue weighted by Gasteiger charge is -2.04. The van der Waals surface area contributed by atoms with Gasteiger partial charge in [-0.2, -0.15) is 0 Å². The summed E-state index contributed by atoms with van der Waals surface area (Å²) in [6, 6.07) is 10.6. The molecule has 0 saturated heterocycles. The zero-order chi connectivity index (χ0) is 14.2. The fraction of sp³-hybridized carbons (Fsp3) is 0.125. The lowest BCUT2D eigenvalue weighted by Crippen LogP contribution is -2.11. The van der Waals surface area contributed by atoms with Gasteiger partial charge in [0, 0.05) is 30.1 Å². The van der Waals surface area contributed by atoms with Crippen LogP contribution in [0.2, 0.25) is 0 Å². The van der Waals surface area contributed by atoms with E-state index in [0.29, 0.717) is 17.7 Å². The SMILES string of the molecule is O=C(Nc1ccc(C#CCCO)cc1)c1cccnc1. The van der Waals surface area contributed by atoms with Crippen LogP contribution in [0.4, 0.5) is 5.69 Å². The van der Waals surface area contributed by atoms with Crippen molar-refractivity contribution in [3.8, 4) is 11.8 Å². The molecule has 1 amide bonds. The lowest BCUT2D eigenvalue weighted by atomic mass is 10.2. The number of amides is 1. The van der Waals surface area contributed by atoms with Gasteiger partial charge >= 0.3 is 0 Å². The molecule has 0 radical (unpaired) electrons. The number of aromatic nitrogens is 1. The van der Waals surface area contributed by atoms with E-state index in [9.17, 15) is 4.79 Å². The van der Waals surface area contributed by atoms with Gasteiger partial charge in [0.1, 0.15) is 0 Å². The van der Waals surface area contributed by atoms with Crippen LogP contribution >= 0.6 is 0 Å². The van der Waals surface area contributed by atoms with Gasteiger partial charge in [-0.15, -0.1) is 0 Å². The van der Waals surface area contributed by atoms with Gasteiger partial charge in [-0.3, -0.25) is 9.78 Å². The Morgan fingerprint density at radius 1 is 1.25 bits per heavy atom. The van der Waals surface area contributed by atoms with E-state index in [2.05, 4.69) is 22.1 Å². The van der Waals surface area contributed by atoms with Gasteiger partial charge in [0.05, 0.1) is 12.2 Å². The van der Waals surface area contributed by atoms with E-state index < -0.39 is 0 Å². The van der Waals surface area contributed by atoms with Crippen molar-refractivity contribution in [2.75, 3.05) is 11.9 Å². The predicted molar refractivity (Wildman–Crippen MR) is 77.2 cm³/mol. The highest BCUT2D eigenvalue weighted by Crippen LogP contribution is 2.10. The molecule has 0 spiro atoms. The van der Waals surface area contributed by atoms with Crippen LogP contribution in [0.5, 0.6) is 0 Å². The largest absolute Gasteiger partial charge is 0.395 e. The molecular formula is C16H14N2O2. The molecule has 4 heteroatoms. The molecule has 1 aromatic carbocycles. The first-order valence-electron chi connectivity index (χ1n) is 6.21. The van der Waals surface area contributed by atoms with E-state index >= 15 is 0 Å². The van der Waals surface area contributed by atoms with Crippen LogP contribution in [0.25, 0.3) is 0 Å². The molecule has 0 bridgehead atoms. The first kappa shape index (κ1) is 13.8. The highest BCUT2D eigenvalue weighted by Gasteiger charge is 2.04. The van der Waals surface area contributed by atoms with Crippen LogP contribution in [-0.4, -0.2) is 22.6 Å². The van der Waals surface area contributed by atoms with Crippen LogP contribution in [0.1, 0.15) is 22.3 Å². The number of aliphatic hydroxyl groups is 1.